The molecule has 1 heterocycles. The molecule has 0 bridgehead atoms. The minimum Gasteiger partial charge on any atom is -0.486 e. The van der Waals surface area contributed by atoms with Crippen LogP contribution in [0.5, 0.6) is 17.2 Å². The average Bonchev–Trinajstić information content (AvgIpc) is 3.26. The van der Waals surface area contributed by atoms with Crippen molar-refractivity contribution in [1.82, 2.24) is 0 Å². The summed E-state index contributed by atoms with van der Waals surface area (Å²) in [6.07, 6.45) is 1.46. The second-order valence-electron chi connectivity index (χ2n) is 6.92. The third-order valence-corrected chi connectivity index (χ3v) is 6.02. The van der Waals surface area contributed by atoms with Crippen LogP contribution in [0.15, 0.2) is 69.1 Å². The topological polar surface area (TPSA) is 80.6 Å². The van der Waals surface area contributed by atoms with Gasteiger partial charge in [-0.3, -0.25) is 4.79 Å². The number of hydrogen-bond acceptors (Lipinski definition) is 5. The second-order valence-corrected chi connectivity index (χ2v) is 9.10. The zero-order valence-corrected chi connectivity index (χ0v) is 20.8. The first-order valence-electron chi connectivity index (χ1n) is 9.62. The molecule has 166 valence electrons. The molecule has 1 amide bonds. The molecule has 33 heavy (non-hydrogen) atoms. The van der Waals surface area contributed by atoms with Gasteiger partial charge in [0.15, 0.2) is 17.2 Å². The molecule has 3 aromatic carbocycles. The van der Waals surface area contributed by atoms with E-state index in [-0.39, 0.29) is 19.0 Å². The second kappa shape index (κ2) is 10.3. The Labute approximate surface area is 212 Å². The summed E-state index contributed by atoms with van der Waals surface area (Å²) in [5.74, 6) is 1.30. The monoisotopic (exact) mass is 588 g/mol. The molecule has 0 saturated heterocycles. The van der Waals surface area contributed by atoms with Crippen LogP contribution in [0.3, 0.4) is 0 Å². The number of carbonyl (C=O) groups is 1. The molecule has 3 aromatic rings. The lowest BCUT2D eigenvalue weighted by molar-refractivity contribution is -0.112. The molecular formula is C24H15Br2ClN2O4. The molecule has 9 heteroatoms. The molecular weight excluding hydrogens is 576 g/mol. The largest absolute Gasteiger partial charge is 0.486 e. The van der Waals surface area contributed by atoms with Crippen LogP contribution in [0, 0.1) is 11.3 Å². The number of ether oxygens (including phenoxy) is 3. The number of benzene rings is 3. The van der Waals surface area contributed by atoms with Gasteiger partial charge in [0, 0.05) is 10.2 Å². The molecule has 6 nitrogen and oxygen atoms in total. The van der Waals surface area contributed by atoms with E-state index in [2.05, 4.69) is 37.2 Å². The van der Waals surface area contributed by atoms with Gasteiger partial charge in [-0.15, -0.1) is 0 Å². The van der Waals surface area contributed by atoms with Gasteiger partial charge in [0.2, 0.25) is 6.79 Å². The number of halogens is 3. The van der Waals surface area contributed by atoms with Gasteiger partial charge in [-0.05, 0) is 81.7 Å². The third kappa shape index (κ3) is 5.69. The minimum absolute atomic E-state index is 0.0603. The summed E-state index contributed by atoms with van der Waals surface area (Å²) in [5.41, 5.74) is 1.98. The van der Waals surface area contributed by atoms with Crippen molar-refractivity contribution >= 4 is 61.1 Å². The number of nitrogens with one attached hydrogen (secondary N) is 1. The molecule has 0 fully saturated rings. The molecule has 0 aliphatic carbocycles. The maximum Gasteiger partial charge on any atom is 0.266 e. The standard InChI is InChI=1S/C24H15Br2ClN2O4/c25-17-2-4-18(5-3-17)29-24(30)16(11-28)7-15-8-19(26)23(20(27)9-15)31-12-14-1-6-21-22(10-14)33-13-32-21/h1-10H,12-13H2,(H,29,30)/b16-7-. The van der Waals surface area contributed by atoms with E-state index >= 15 is 0 Å². The molecule has 1 N–H and O–H groups in total. The molecule has 1 aliphatic rings. The molecule has 1 aliphatic heterocycles. The van der Waals surface area contributed by atoms with Crippen LogP contribution >= 0.6 is 43.5 Å². The number of nitriles is 1. The van der Waals surface area contributed by atoms with E-state index in [1.165, 1.54) is 6.08 Å². The summed E-state index contributed by atoms with van der Waals surface area (Å²) in [7, 11) is 0. The van der Waals surface area contributed by atoms with Crippen molar-refractivity contribution in [2.45, 2.75) is 6.61 Å². The van der Waals surface area contributed by atoms with Crippen molar-refractivity contribution in [3.63, 3.8) is 0 Å². The van der Waals surface area contributed by atoms with E-state index in [4.69, 9.17) is 25.8 Å². The van der Waals surface area contributed by atoms with Crippen molar-refractivity contribution in [3.8, 4) is 23.3 Å². The van der Waals surface area contributed by atoms with Crippen LogP contribution < -0.4 is 19.5 Å². The maximum absolute atomic E-state index is 12.5. The molecule has 0 unspecified atom stereocenters. The average molecular weight is 591 g/mol. The fraction of sp³-hybridized carbons (Fsp3) is 0.0833. The van der Waals surface area contributed by atoms with Crippen LogP contribution in [0.1, 0.15) is 11.1 Å². The van der Waals surface area contributed by atoms with Crippen molar-refractivity contribution in [2.24, 2.45) is 0 Å². The van der Waals surface area contributed by atoms with Crippen molar-refractivity contribution in [3.05, 3.63) is 85.3 Å². The van der Waals surface area contributed by atoms with Gasteiger partial charge in [-0.2, -0.15) is 5.26 Å². The first-order chi connectivity index (χ1) is 15.9. The van der Waals surface area contributed by atoms with Crippen molar-refractivity contribution < 1.29 is 19.0 Å². The van der Waals surface area contributed by atoms with Crippen molar-refractivity contribution in [1.29, 1.82) is 5.26 Å². The predicted octanol–water partition coefficient (Wildman–Crippen LogP) is 6.72. The quantitative estimate of drug-likeness (QED) is 0.255. The zero-order chi connectivity index (χ0) is 23.4. The molecule has 4 rings (SSSR count). The number of hydrogen-bond donors (Lipinski definition) is 1. The Morgan fingerprint density at radius 2 is 1.88 bits per heavy atom. The SMILES string of the molecule is N#C/C(=C/c1cc(Cl)c(OCc2ccc3c(c2)OCO3)c(Br)c1)C(=O)Nc1ccc(Br)cc1. The van der Waals surface area contributed by atoms with Gasteiger partial charge in [0.1, 0.15) is 18.2 Å². The van der Waals surface area contributed by atoms with Gasteiger partial charge in [0.25, 0.3) is 5.91 Å². The highest BCUT2D eigenvalue weighted by Crippen LogP contribution is 2.37. The Morgan fingerprint density at radius 1 is 1.12 bits per heavy atom. The highest BCUT2D eigenvalue weighted by atomic mass is 79.9. The summed E-state index contributed by atoms with van der Waals surface area (Å²) in [4.78, 5) is 12.5. The molecule has 0 atom stereocenters. The Morgan fingerprint density at radius 3 is 2.61 bits per heavy atom. The number of anilines is 1. The van der Waals surface area contributed by atoms with E-state index < -0.39 is 5.91 Å². The van der Waals surface area contributed by atoms with E-state index in [0.717, 1.165) is 10.0 Å². The predicted molar refractivity (Wildman–Crippen MR) is 132 cm³/mol. The smallest absolute Gasteiger partial charge is 0.266 e. The van der Waals surface area contributed by atoms with Crippen LogP contribution in [0.4, 0.5) is 5.69 Å². The first kappa shape index (κ1) is 23.2. The number of nitrogens with zero attached hydrogens (tertiary/aromatic N) is 1. The fourth-order valence-electron chi connectivity index (χ4n) is 3.03. The lowest BCUT2D eigenvalue weighted by Gasteiger charge is -2.12. The summed E-state index contributed by atoms with van der Waals surface area (Å²) >= 11 is 13.2. The van der Waals surface area contributed by atoms with Crippen LogP contribution in [-0.2, 0) is 11.4 Å². The summed E-state index contributed by atoms with van der Waals surface area (Å²) < 4.78 is 18.1. The van der Waals surface area contributed by atoms with Gasteiger partial charge in [0.05, 0.1) is 9.50 Å². The normalized spacial score (nSPS) is 12.2. The molecule has 0 radical (unpaired) electrons. The number of fused-ring (bicyclic) bond motifs is 1. The van der Waals surface area contributed by atoms with E-state index in [1.54, 1.807) is 36.4 Å². The lowest BCUT2D eigenvalue weighted by Crippen LogP contribution is -2.13. The van der Waals surface area contributed by atoms with Crippen molar-refractivity contribution in [2.75, 3.05) is 12.1 Å². The lowest BCUT2D eigenvalue weighted by atomic mass is 10.1. The summed E-state index contributed by atoms with van der Waals surface area (Å²) in [6.45, 7) is 0.473. The molecule has 0 spiro atoms. The highest BCUT2D eigenvalue weighted by molar-refractivity contribution is 9.10. The number of rotatable bonds is 6. The third-order valence-electron chi connectivity index (χ3n) is 4.62. The summed E-state index contributed by atoms with van der Waals surface area (Å²) in [5, 5.41) is 12.5. The first-order valence-corrected chi connectivity index (χ1v) is 11.6. The molecule has 0 aromatic heterocycles. The highest BCUT2D eigenvalue weighted by Gasteiger charge is 2.15. The Bertz CT molecular complexity index is 1260. The number of amides is 1. The summed E-state index contributed by atoms with van der Waals surface area (Å²) in [6, 6.07) is 17.9. The fourth-order valence-corrected chi connectivity index (χ4v) is 4.29. The van der Waals surface area contributed by atoms with Crippen LogP contribution in [0.2, 0.25) is 5.02 Å². The van der Waals surface area contributed by atoms with Gasteiger partial charge >= 0.3 is 0 Å². The zero-order valence-electron chi connectivity index (χ0n) is 16.9. The van der Waals surface area contributed by atoms with Gasteiger partial charge in [-0.25, -0.2) is 0 Å². The van der Waals surface area contributed by atoms with E-state index in [1.807, 2.05) is 24.3 Å². The van der Waals surface area contributed by atoms with E-state index in [0.29, 0.717) is 38.0 Å². The maximum atomic E-state index is 12.5. The Hall–Kier alpha value is -2.99. The minimum atomic E-state index is -0.518. The van der Waals surface area contributed by atoms with Crippen LogP contribution in [0.25, 0.3) is 6.08 Å². The molecule has 0 saturated carbocycles. The Balaban J connectivity index is 1.48. The van der Waals surface area contributed by atoms with Gasteiger partial charge in [-0.1, -0.05) is 33.6 Å². The van der Waals surface area contributed by atoms with Gasteiger partial charge < -0.3 is 19.5 Å². The Kier molecular flexibility index (Phi) is 7.23. The van der Waals surface area contributed by atoms with E-state index in [9.17, 15) is 10.1 Å². The van der Waals surface area contributed by atoms with Crippen LogP contribution in [-0.4, -0.2) is 12.7 Å². The number of carbonyl (C=O) groups excluding carboxylic acids is 1.